The first kappa shape index (κ1) is 17.5. The Kier molecular flexibility index (Phi) is 4.28. The van der Waals surface area contributed by atoms with Crippen LogP contribution in [-0.2, 0) is 4.74 Å². The fourth-order valence-corrected chi connectivity index (χ4v) is 3.62. The number of aromatic nitrogens is 6. The molecule has 2 atom stereocenters. The highest BCUT2D eigenvalue weighted by atomic mass is 16.5. The van der Waals surface area contributed by atoms with E-state index in [9.17, 15) is 4.79 Å². The van der Waals surface area contributed by atoms with Gasteiger partial charge in [0, 0.05) is 29.2 Å². The molecule has 146 valence electrons. The summed E-state index contributed by atoms with van der Waals surface area (Å²) < 4.78 is 8.77. The minimum Gasteiger partial charge on any atom is -0.377 e. The van der Waals surface area contributed by atoms with Gasteiger partial charge in [-0.1, -0.05) is 24.3 Å². The van der Waals surface area contributed by atoms with E-state index < -0.39 is 0 Å². The molecule has 0 amide bonds. The van der Waals surface area contributed by atoms with E-state index >= 15 is 0 Å². The van der Waals surface area contributed by atoms with Crippen molar-refractivity contribution in [2.24, 2.45) is 0 Å². The number of nitrogens with one attached hydrogen (secondary N) is 1. The molecular formula is C20H19N7O2. The van der Waals surface area contributed by atoms with Crippen LogP contribution < -0.4 is 10.9 Å². The van der Waals surface area contributed by atoms with E-state index in [4.69, 9.17) is 4.74 Å². The average Bonchev–Trinajstić information content (AvgIpc) is 3.43. The third kappa shape index (κ3) is 3.15. The molecule has 0 aliphatic carbocycles. The van der Waals surface area contributed by atoms with Crippen molar-refractivity contribution >= 4 is 16.6 Å². The number of anilines is 1. The van der Waals surface area contributed by atoms with Gasteiger partial charge in [-0.25, -0.2) is 9.36 Å². The highest BCUT2D eigenvalue weighted by molar-refractivity contribution is 5.92. The fraction of sp³-hybridized carbons (Fsp3) is 0.250. The molecule has 0 spiro atoms. The Morgan fingerprint density at radius 3 is 2.76 bits per heavy atom. The van der Waals surface area contributed by atoms with Gasteiger partial charge in [-0.15, -0.1) is 10.2 Å². The summed E-state index contributed by atoms with van der Waals surface area (Å²) >= 11 is 0. The lowest BCUT2D eigenvalue weighted by atomic mass is 10.1. The first-order valence-corrected chi connectivity index (χ1v) is 9.37. The predicted octanol–water partition coefficient (Wildman–Crippen LogP) is 1.73. The second kappa shape index (κ2) is 7.10. The normalized spacial score (nSPS) is 18.9. The zero-order valence-corrected chi connectivity index (χ0v) is 15.8. The van der Waals surface area contributed by atoms with Gasteiger partial charge < -0.3 is 10.1 Å². The van der Waals surface area contributed by atoms with Gasteiger partial charge in [0.05, 0.1) is 24.9 Å². The van der Waals surface area contributed by atoms with Crippen LogP contribution >= 0.6 is 0 Å². The van der Waals surface area contributed by atoms with Crippen molar-refractivity contribution < 1.29 is 4.74 Å². The Balaban J connectivity index is 1.50. The van der Waals surface area contributed by atoms with Gasteiger partial charge in [-0.2, -0.15) is 10.2 Å². The minimum absolute atomic E-state index is 0.173. The molecular weight excluding hydrogens is 370 g/mol. The van der Waals surface area contributed by atoms with E-state index in [2.05, 4.69) is 25.7 Å². The molecule has 1 aliphatic heterocycles. The Hall–Kier alpha value is -3.59. The summed E-state index contributed by atoms with van der Waals surface area (Å²) in [5.74, 6) is 1.24. The summed E-state index contributed by atoms with van der Waals surface area (Å²) in [6.45, 7) is 2.75. The maximum atomic E-state index is 12.5. The number of aryl methyl sites for hydroxylation is 1. The highest BCUT2D eigenvalue weighted by Crippen LogP contribution is 2.26. The number of hydrogen-bond donors (Lipinski definition) is 1. The van der Waals surface area contributed by atoms with Gasteiger partial charge in [0.2, 0.25) is 0 Å². The molecule has 0 radical (unpaired) electrons. The lowest BCUT2D eigenvalue weighted by Crippen LogP contribution is -2.37. The topological polar surface area (TPSA) is 99.8 Å². The van der Waals surface area contributed by atoms with Gasteiger partial charge in [-0.3, -0.25) is 4.79 Å². The van der Waals surface area contributed by atoms with E-state index in [1.165, 1.54) is 10.7 Å². The number of fused-ring (bicyclic) bond motifs is 1. The Bertz CT molecular complexity index is 1220. The van der Waals surface area contributed by atoms with Crippen molar-refractivity contribution in [3.8, 4) is 5.82 Å². The summed E-state index contributed by atoms with van der Waals surface area (Å²) in [5, 5.41) is 22.7. The van der Waals surface area contributed by atoms with Gasteiger partial charge in [0.25, 0.3) is 5.56 Å². The molecule has 5 rings (SSSR count). The van der Waals surface area contributed by atoms with Gasteiger partial charge in [0.1, 0.15) is 6.04 Å². The minimum atomic E-state index is -0.278. The third-order valence-electron chi connectivity index (χ3n) is 5.11. The molecule has 9 nitrogen and oxygen atoms in total. The lowest BCUT2D eigenvalue weighted by molar-refractivity contribution is 0.182. The van der Waals surface area contributed by atoms with Crippen LogP contribution in [0.5, 0.6) is 0 Å². The van der Waals surface area contributed by atoms with E-state index in [0.717, 1.165) is 16.5 Å². The van der Waals surface area contributed by atoms with Crippen molar-refractivity contribution in [3.63, 3.8) is 0 Å². The monoisotopic (exact) mass is 389 g/mol. The number of rotatable bonds is 4. The van der Waals surface area contributed by atoms with Crippen molar-refractivity contribution in [1.82, 2.24) is 29.8 Å². The average molecular weight is 389 g/mol. The molecule has 0 saturated carbocycles. The SMILES string of the molecule is Cc1nnc(NC2COCC2n2nc(-n3cccn3)ccc2=O)c2ccccc12. The van der Waals surface area contributed by atoms with Crippen LogP contribution in [0.2, 0.25) is 0 Å². The molecule has 1 N–H and O–H groups in total. The standard InChI is InChI=1S/C20H19N7O2/c1-13-14-5-2-3-6-15(14)20(24-23-13)22-16-11-29-12-17(16)27-19(28)8-7-18(25-27)26-10-4-9-21-26/h2-10,16-17H,11-12H2,1H3,(H,22,24). The van der Waals surface area contributed by atoms with E-state index in [0.29, 0.717) is 24.8 Å². The van der Waals surface area contributed by atoms with Gasteiger partial charge >= 0.3 is 0 Å². The highest BCUT2D eigenvalue weighted by Gasteiger charge is 2.32. The van der Waals surface area contributed by atoms with Crippen LogP contribution in [0.1, 0.15) is 11.7 Å². The quantitative estimate of drug-likeness (QED) is 0.567. The van der Waals surface area contributed by atoms with Crippen LogP contribution in [0.4, 0.5) is 5.82 Å². The van der Waals surface area contributed by atoms with Crippen LogP contribution in [0.15, 0.2) is 59.7 Å². The molecule has 3 aromatic heterocycles. The molecule has 9 heteroatoms. The molecule has 0 bridgehead atoms. The van der Waals surface area contributed by atoms with Gasteiger partial charge in [0.15, 0.2) is 11.6 Å². The molecule has 2 unspecified atom stereocenters. The maximum absolute atomic E-state index is 12.5. The molecule has 4 heterocycles. The van der Waals surface area contributed by atoms with Crippen LogP contribution in [0.25, 0.3) is 16.6 Å². The predicted molar refractivity (Wildman–Crippen MR) is 107 cm³/mol. The Morgan fingerprint density at radius 1 is 1.07 bits per heavy atom. The van der Waals surface area contributed by atoms with E-state index in [1.807, 2.05) is 31.2 Å². The summed E-state index contributed by atoms with van der Waals surface area (Å²) in [5.41, 5.74) is 0.679. The fourth-order valence-electron chi connectivity index (χ4n) is 3.62. The Morgan fingerprint density at radius 2 is 1.93 bits per heavy atom. The van der Waals surface area contributed by atoms with E-state index in [-0.39, 0.29) is 17.6 Å². The smallest absolute Gasteiger partial charge is 0.267 e. The number of hydrogen-bond acceptors (Lipinski definition) is 7. The summed E-state index contributed by atoms with van der Waals surface area (Å²) in [6.07, 6.45) is 3.45. The molecule has 1 aromatic carbocycles. The molecule has 1 fully saturated rings. The molecule has 1 aliphatic rings. The second-order valence-corrected chi connectivity index (χ2v) is 6.96. The van der Waals surface area contributed by atoms with Crippen molar-refractivity contribution in [2.75, 3.05) is 18.5 Å². The molecule has 1 saturated heterocycles. The zero-order valence-electron chi connectivity index (χ0n) is 15.8. The van der Waals surface area contributed by atoms with Crippen molar-refractivity contribution in [1.29, 1.82) is 0 Å². The second-order valence-electron chi connectivity index (χ2n) is 6.96. The third-order valence-corrected chi connectivity index (χ3v) is 5.11. The number of nitrogens with zero attached hydrogens (tertiary/aromatic N) is 6. The van der Waals surface area contributed by atoms with Crippen LogP contribution in [-0.4, -0.2) is 49.0 Å². The van der Waals surface area contributed by atoms with Gasteiger partial charge in [-0.05, 0) is 19.1 Å². The Labute approximate surface area is 166 Å². The largest absolute Gasteiger partial charge is 0.377 e. The molecule has 29 heavy (non-hydrogen) atoms. The number of ether oxygens (including phenoxy) is 1. The summed E-state index contributed by atoms with van der Waals surface area (Å²) in [6, 6.07) is 12.5. The molecule has 4 aromatic rings. The first-order chi connectivity index (χ1) is 14.2. The number of benzene rings is 1. The van der Waals surface area contributed by atoms with E-state index in [1.54, 1.807) is 29.2 Å². The maximum Gasteiger partial charge on any atom is 0.267 e. The summed E-state index contributed by atoms with van der Waals surface area (Å²) in [4.78, 5) is 12.5. The lowest BCUT2D eigenvalue weighted by Gasteiger charge is -2.21. The summed E-state index contributed by atoms with van der Waals surface area (Å²) in [7, 11) is 0. The van der Waals surface area contributed by atoms with Crippen LogP contribution in [0.3, 0.4) is 0 Å². The van der Waals surface area contributed by atoms with Crippen molar-refractivity contribution in [2.45, 2.75) is 19.0 Å². The first-order valence-electron chi connectivity index (χ1n) is 9.37. The zero-order chi connectivity index (χ0) is 19.8. The van der Waals surface area contributed by atoms with Crippen LogP contribution in [0, 0.1) is 6.92 Å². The van der Waals surface area contributed by atoms with Crippen molar-refractivity contribution in [3.05, 3.63) is 70.9 Å².